The number of amides is 2. The van der Waals surface area contributed by atoms with E-state index in [-0.39, 0.29) is 30.4 Å². The van der Waals surface area contributed by atoms with Gasteiger partial charge in [-0.15, -0.1) is 0 Å². The number of carbonyl (C=O) groups excluding carboxylic acids is 3. The lowest BCUT2D eigenvalue weighted by Crippen LogP contribution is -2.43. The fourth-order valence-electron chi connectivity index (χ4n) is 5.26. The minimum absolute atomic E-state index is 0.143. The van der Waals surface area contributed by atoms with Crippen LogP contribution in [0.25, 0.3) is 5.52 Å². The first-order valence-corrected chi connectivity index (χ1v) is 14.4. The highest BCUT2D eigenvalue weighted by Crippen LogP contribution is 2.26. The van der Waals surface area contributed by atoms with Crippen LogP contribution in [0.15, 0.2) is 48.7 Å². The number of rotatable bonds is 11. The van der Waals surface area contributed by atoms with Gasteiger partial charge < -0.3 is 28.8 Å². The Labute approximate surface area is 245 Å². The van der Waals surface area contributed by atoms with Gasteiger partial charge in [0.05, 0.1) is 19.3 Å². The highest BCUT2D eigenvalue weighted by molar-refractivity contribution is 6.10. The van der Waals surface area contributed by atoms with E-state index >= 15 is 0 Å². The predicted octanol–water partition coefficient (Wildman–Crippen LogP) is 5.06. The van der Waals surface area contributed by atoms with Crippen molar-refractivity contribution in [1.29, 1.82) is 0 Å². The number of hydrogen-bond donors (Lipinski definition) is 1. The van der Waals surface area contributed by atoms with Gasteiger partial charge in [0, 0.05) is 35.4 Å². The van der Waals surface area contributed by atoms with E-state index < -0.39 is 12.1 Å². The van der Waals surface area contributed by atoms with Crippen LogP contribution in [0.5, 0.6) is 5.75 Å². The molecule has 0 spiro atoms. The Bertz CT molecular complexity index is 1440. The number of piperidine rings is 1. The monoisotopic (exact) mass is 577 g/mol. The van der Waals surface area contributed by atoms with Crippen molar-refractivity contribution in [3.05, 3.63) is 71.0 Å². The maximum Gasteiger partial charge on any atom is 0.407 e. The quantitative estimate of drug-likeness (QED) is 0.250. The molecule has 10 nitrogen and oxygen atoms in total. The maximum absolute atomic E-state index is 13.8. The highest BCUT2D eigenvalue weighted by atomic mass is 16.5. The maximum atomic E-state index is 13.8. The van der Waals surface area contributed by atoms with Gasteiger partial charge in [-0.2, -0.15) is 0 Å². The van der Waals surface area contributed by atoms with Crippen molar-refractivity contribution in [2.75, 3.05) is 26.7 Å². The van der Waals surface area contributed by atoms with Gasteiger partial charge in [0.1, 0.15) is 18.4 Å². The Hall–Kier alpha value is -4.34. The lowest BCUT2D eigenvalue weighted by Gasteiger charge is -2.30. The number of carboxylic acid groups (broad SMARTS) is 1. The summed E-state index contributed by atoms with van der Waals surface area (Å²) >= 11 is 0. The van der Waals surface area contributed by atoms with Crippen molar-refractivity contribution < 1.29 is 33.8 Å². The van der Waals surface area contributed by atoms with E-state index in [9.17, 15) is 24.3 Å². The molecule has 0 saturated carbocycles. The normalized spacial score (nSPS) is 15.1. The van der Waals surface area contributed by atoms with Crippen LogP contribution >= 0.6 is 0 Å². The molecule has 2 aromatic heterocycles. The summed E-state index contributed by atoms with van der Waals surface area (Å²) < 4.78 is 12.6. The van der Waals surface area contributed by atoms with Gasteiger partial charge in [-0.3, -0.25) is 14.4 Å². The van der Waals surface area contributed by atoms with Gasteiger partial charge in [-0.1, -0.05) is 13.3 Å². The first-order chi connectivity index (χ1) is 20.1. The minimum atomic E-state index is -0.947. The zero-order valence-corrected chi connectivity index (χ0v) is 24.7. The molecule has 1 N–H and O–H groups in total. The van der Waals surface area contributed by atoms with Gasteiger partial charge in [0.2, 0.25) is 5.78 Å². The Balaban J connectivity index is 1.59. The van der Waals surface area contributed by atoms with E-state index in [1.54, 1.807) is 42.6 Å². The summed E-state index contributed by atoms with van der Waals surface area (Å²) in [5.41, 5.74) is 3.09. The second-order valence-electron chi connectivity index (χ2n) is 10.9. The van der Waals surface area contributed by atoms with Crippen LogP contribution in [0.1, 0.15) is 78.4 Å². The number of methoxy groups -OCH3 is 1. The summed E-state index contributed by atoms with van der Waals surface area (Å²) in [7, 11) is 1.29. The first-order valence-electron chi connectivity index (χ1n) is 14.4. The molecule has 0 unspecified atom stereocenters. The number of ether oxygens (including phenoxy) is 2. The number of carbonyl (C=O) groups is 4. The van der Waals surface area contributed by atoms with Gasteiger partial charge >= 0.3 is 12.1 Å². The standard InChI is InChI=1S/C32H39N3O7/c1-5-6-8-23-17-25-18-24(31(38)35(21(2)3)20-28(36)41-4)14-16-34(25)29(23)30(37)22-10-12-26(13-11-22)42-27-9-7-15-33(19-27)32(39)40/h10-14,16-18,21,27H,5-9,15,19-20H2,1-4H3,(H,39,40)/t27-/m1/s1. The van der Waals surface area contributed by atoms with E-state index in [0.29, 0.717) is 42.1 Å². The first kappa shape index (κ1) is 30.6. The van der Waals surface area contributed by atoms with Crippen LogP contribution in [0.4, 0.5) is 4.79 Å². The average molecular weight is 578 g/mol. The smallest absolute Gasteiger partial charge is 0.407 e. The predicted molar refractivity (Wildman–Crippen MR) is 157 cm³/mol. The molecule has 224 valence electrons. The van der Waals surface area contributed by atoms with E-state index in [4.69, 9.17) is 9.47 Å². The summed E-state index contributed by atoms with van der Waals surface area (Å²) in [5.74, 6) is -0.342. The molecule has 4 rings (SSSR count). The molecule has 1 saturated heterocycles. The fraction of sp³-hybridized carbons (Fsp3) is 0.438. The minimum Gasteiger partial charge on any atom is -0.489 e. The molecule has 3 heterocycles. The van der Waals surface area contributed by atoms with E-state index in [1.165, 1.54) is 16.9 Å². The summed E-state index contributed by atoms with van der Waals surface area (Å²) in [4.78, 5) is 53.2. The average Bonchev–Trinajstić information content (AvgIpc) is 3.35. The number of benzene rings is 1. The topological polar surface area (TPSA) is 118 Å². The molecular weight excluding hydrogens is 538 g/mol. The van der Waals surface area contributed by atoms with Gasteiger partial charge in [-0.05, 0) is 87.6 Å². The summed E-state index contributed by atoms with van der Waals surface area (Å²) in [6.07, 6.45) is 4.65. The molecule has 2 amide bonds. The highest BCUT2D eigenvalue weighted by Gasteiger charge is 2.26. The largest absolute Gasteiger partial charge is 0.489 e. The Morgan fingerprint density at radius 3 is 2.45 bits per heavy atom. The van der Waals surface area contributed by atoms with Crippen LogP contribution in [-0.4, -0.2) is 81.9 Å². The van der Waals surface area contributed by atoms with Gasteiger partial charge in [0.25, 0.3) is 5.91 Å². The molecule has 3 aromatic rings. The molecule has 1 aromatic carbocycles. The second kappa shape index (κ2) is 13.5. The van der Waals surface area contributed by atoms with Crippen molar-refractivity contribution in [3.63, 3.8) is 0 Å². The van der Waals surface area contributed by atoms with E-state index in [1.807, 2.05) is 24.3 Å². The van der Waals surface area contributed by atoms with Crippen molar-refractivity contribution in [2.45, 2.75) is 65.0 Å². The third-order valence-electron chi connectivity index (χ3n) is 7.59. The third kappa shape index (κ3) is 6.92. The molecule has 0 bridgehead atoms. The number of aromatic nitrogens is 1. The molecule has 1 fully saturated rings. The van der Waals surface area contributed by atoms with E-state index in [0.717, 1.165) is 36.8 Å². The lowest BCUT2D eigenvalue weighted by molar-refractivity contribution is -0.141. The number of fused-ring (bicyclic) bond motifs is 1. The van der Waals surface area contributed by atoms with Crippen molar-refractivity contribution in [3.8, 4) is 5.75 Å². The summed E-state index contributed by atoms with van der Waals surface area (Å²) in [6.45, 7) is 6.45. The SMILES string of the molecule is CCCCc1cc2cc(C(=O)N(CC(=O)OC)C(C)C)ccn2c1C(=O)c1ccc(O[C@@H]2CCCN(C(=O)O)C2)cc1. The van der Waals surface area contributed by atoms with E-state index in [2.05, 4.69) is 6.92 Å². The number of esters is 1. The Morgan fingerprint density at radius 2 is 1.81 bits per heavy atom. The molecule has 10 heteroatoms. The number of ketones is 1. The van der Waals surface area contributed by atoms with Crippen LogP contribution in [0.2, 0.25) is 0 Å². The molecule has 0 aliphatic carbocycles. The Morgan fingerprint density at radius 1 is 1.07 bits per heavy atom. The fourth-order valence-corrected chi connectivity index (χ4v) is 5.26. The van der Waals surface area contributed by atoms with Crippen LogP contribution in [0.3, 0.4) is 0 Å². The second-order valence-corrected chi connectivity index (χ2v) is 10.9. The Kier molecular flexibility index (Phi) is 9.88. The van der Waals surface area contributed by atoms with Crippen LogP contribution < -0.4 is 4.74 Å². The van der Waals surface area contributed by atoms with Crippen LogP contribution in [-0.2, 0) is 16.0 Å². The number of pyridine rings is 1. The van der Waals surface area contributed by atoms with Crippen molar-refractivity contribution in [2.24, 2.45) is 0 Å². The zero-order chi connectivity index (χ0) is 30.4. The van der Waals surface area contributed by atoms with Crippen molar-refractivity contribution >= 4 is 29.3 Å². The molecule has 42 heavy (non-hydrogen) atoms. The number of aryl methyl sites for hydroxylation is 1. The van der Waals surface area contributed by atoms with Gasteiger partial charge in [-0.25, -0.2) is 4.79 Å². The molecule has 1 atom stereocenters. The molecular formula is C32H39N3O7. The number of unbranched alkanes of at least 4 members (excludes halogenated alkanes) is 1. The molecule has 1 aliphatic rings. The summed E-state index contributed by atoms with van der Waals surface area (Å²) in [6, 6.07) is 12.1. The molecule has 1 aliphatic heterocycles. The summed E-state index contributed by atoms with van der Waals surface area (Å²) in [5, 5.41) is 9.29. The number of hydrogen-bond acceptors (Lipinski definition) is 6. The molecule has 0 radical (unpaired) electrons. The number of likely N-dealkylation sites (tertiary alicyclic amines) is 1. The lowest BCUT2D eigenvalue weighted by atomic mass is 10.0. The van der Waals surface area contributed by atoms with Gasteiger partial charge in [0.15, 0.2) is 0 Å². The third-order valence-corrected chi connectivity index (χ3v) is 7.59. The zero-order valence-electron chi connectivity index (χ0n) is 24.7. The van der Waals surface area contributed by atoms with Crippen LogP contribution in [0, 0.1) is 0 Å². The number of nitrogens with zero attached hydrogens (tertiary/aromatic N) is 3. The van der Waals surface area contributed by atoms with Crippen molar-refractivity contribution in [1.82, 2.24) is 14.2 Å².